The minimum absolute atomic E-state index is 0. The third-order valence-electron chi connectivity index (χ3n) is 0. The van der Waals surface area contributed by atoms with E-state index in [0.29, 0.717) is 0 Å². The maximum Gasteiger partial charge on any atom is 1.00 e. The van der Waals surface area contributed by atoms with E-state index in [-0.39, 0.29) is 29.6 Å². The first-order valence-electron chi connectivity index (χ1n) is 1.50. The summed E-state index contributed by atoms with van der Waals surface area (Å²) in [5.41, 5.74) is -0.472. The minimum Gasteiger partial charge on any atom is -0.857 e. The van der Waals surface area contributed by atoms with Crippen LogP contribution in [0.5, 0.6) is 0 Å². The van der Waals surface area contributed by atoms with Gasteiger partial charge in [0.25, 0.3) is 0 Å². The molecule has 40 valence electrons. The first kappa shape index (κ1) is 15.7. The van der Waals surface area contributed by atoms with Crippen LogP contribution in [-0.4, -0.2) is 17.7 Å². The molecule has 0 heterocycles. The Morgan fingerprint density at radius 3 is 1.57 bits per heavy atom. The summed E-state index contributed by atoms with van der Waals surface area (Å²) in [6.45, 7) is 1.59. The van der Waals surface area contributed by atoms with E-state index in [4.69, 9.17) is 10.2 Å². The molecule has 0 aliphatic rings. The van der Waals surface area contributed by atoms with Crippen LogP contribution in [0.1, 0.15) is 6.92 Å². The molecule has 0 saturated carbocycles. The van der Waals surface area contributed by atoms with Crippen LogP contribution in [0.15, 0.2) is 0 Å². The van der Waals surface area contributed by atoms with Crippen molar-refractivity contribution >= 4 is 12.6 Å². The van der Waals surface area contributed by atoms with Gasteiger partial charge in [-0.2, -0.15) is 7.11 Å². The van der Waals surface area contributed by atoms with Gasteiger partial charge in [-0.3, -0.25) is 0 Å². The Hall–Kier alpha value is 1.27. The van der Waals surface area contributed by atoms with Crippen LogP contribution in [0, 0.1) is 0 Å². The molecule has 1 atom stereocenters. The zero-order chi connectivity index (χ0) is 5.58. The van der Waals surface area contributed by atoms with Crippen LogP contribution in [-0.2, 0) is 0 Å². The number of aliphatic hydroxyl groups excluding tert-OH is 1. The molecular formula is C3H9NaO2S. The Kier molecular flexibility index (Phi) is 35.2. The summed E-state index contributed by atoms with van der Waals surface area (Å²) in [6, 6.07) is 0. The van der Waals surface area contributed by atoms with E-state index in [1.54, 1.807) is 6.92 Å². The monoisotopic (exact) mass is 132 g/mol. The standard InChI is InChI=1S/C2H6OS.CH3O.Na/c1-2(3)4;1-2;/h2-4H,1H3;1H3;/q;-1;+1. The summed E-state index contributed by atoms with van der Waals surface area (Å²) < 4.78 is 0. The largest absolute Gasteiger partial charge is 1.00 e. The molecule has 1 unspecified atom stereocenters. The number of rotatable bonds is 0. The van der Waals surface area contributed by atoms with Gasteiger partial charge in [0.15, 0.2) is 0 Å². The summed E-state index contributed by atoms with van der Waals surface area (Å²) in [4.78, 5) is 0. The van der Waals surface area contributed by atoms with E-state index in [1.807, 2.05) is 0 Å². The van der Waals surface area contributed by atoms with Gasteiger partial charge in [-0.05, 0) is 6.92 Å². The Labute approximate surface area is 71.6 Å². The molecule has 0 aliphatic carbocycles. The summed E-state index contributed by atoms with van der Waals surface area (Å²) in [5, 5.41) is 16.2. The molecule has 0 fully saturated rings. The second kappa shape index (κ2) is 15.7. The second-order valence-electron chi connectivity index (χ2n) is 0.632. The van der Waals surface area contributed by atoms with E-state index in [1.165, 1.54) is 0 Å². The minimum atomic E-state index is -0.472. The topological polar surface area (TPSA) is 43.3 Å². The first-order valence-corrected chi connectivity index (χ1v) is 2.02. The first-order chi connectivity index (χ1) is 2.73. The van der Waals surface area contributed by atoms with E-state index in [0.717, 1.165) is 7.11 Å². The van der Waals surface area contributed by atoms with Crippen LogP contribution in [0.4, 0.5) is 0 Å². The van der Waals surface area contributed by atoms with Crippen LogP contribution >= 0.6 is 12.6 Å². The van der Waals surface area contributed by atoms with E-state index >= 15 is 0 Å². The molecule has 0 aromatic carbocycles. The van der Waals surface area contributed by atoms with E-state index in [2.05, 4.69) is 12.6 Å². The van der Waals surface area contributed by atoms with Crippen LogP contribution < -0.4 is 34.7 Å². The molecule has 0 radical (unpaired) electrons. The predicted octanol–water partition coefficient (Wildman–Crippen LogP) is -3.76. The normalized spacial score (nSPS) is 9.86. The molecule has 7 heavy (non-hydrogen) atoms. The van der Waals surface area contributed by atoms with Gasteiger partial charge in [-0.25, -0.2) is 0 Å². The third-order valence-corrected chi connectivity index (χ3v) is 0. The molecule has 0 aromatic rings. The smallest absolute Gasteiger partial charge is 0.857 e. The SMILES string of the molecule is CC(O)S.C[O-].[Na+]. The van der Waals surface area contributed by atoms with Gasteiger partial charge < -0.3 is 10.2 Å². The predicted molar refractivity (Wildman–Crippen MR) is 26.6 cm³/mol. The molecule has 1 N–H and O–H groups in total. The van der Waals surface area contributed by atoms with Gasteiger partial charge in [0, 0.05) is 0 Å². The molecule has 0 rings (SSSR count). The van der Waals surface area contributed by atoms with E-state index < -0.39 is 5.44 Å². The Bertz CT molecular complexity index is 17.7. The molecule has 0 spiro atoms. The molecular weight excluding hydrogens is 123 g/mol. The quantitative estimate of drug-likeness (QED) is 0.202. The average molecular weight is 132 g/mol. The third kappa shape index (κ3) is 125. The van der Waals surface area contributed by atoms with Crippen molar-refractivity contribution in [3.8, 4) is 0 Å². The van der Waals surface area contributed by atoms with Crippen molar-refractivity contribution in [2.75, 3.05) is 7.11 Å². The van der Waals surface area contributed by atoms with Crippen molar-refractivity contribution < 1.29 is 39.8 Å². The van der Waals surface area contributed by atoms with Gasteiger partial charge in [-0.1, -0.05) is 0 Å². The summed E-state index contributed by atoms with van der Waals surface area (Å²) >= 11 is 3.52. The van der Waals surface area contributed by atoms with Crippen LogP contribution in [0.3, 0.4) is 0 Å². The van der Waals surface area contributed by atoms with Crippen molar-refractivity contribution in [3.63, 3.8) is 0 Å². The molecule has 4 heteroatoms. The molecule has 0 aromatic heterocycles. The van der Waals surface area contributed by atoms with Gasteiger partial charge in [-0.15, -0.1) is 12.6 Å². The number of thiol groups is 1. The van der Waals surface area contributed by atoms with Gasteiger partial charge in [0.05, 0.1) is 5.44 Å². The fourth-order valence-electron chi connectivity index (χ4n) is 0. The van der Waals surface area contributed by atoms with Crippen LogP contribution in [0.25, 0.3) is 0 Å². The van der Waals surface area contributed by atoms with E-state index in [9.17, 15) is 0 Å². The Morgan fingerprint density at radius 2 is 1.57 bits per heavy atom. The maximum atomic E-state index is 8.25. The Morgan fingerprint density at radius 1 is 1.57 bits per heavy atom. The number of hydrogen-bond acceptors (Lipinski definition) is 3. The maximum absolute atomic E-state index is 8.25. The Balaban J connectivity index is -0.0000000480. The van der Waals surface area contributed by atoms with Gasteiger partial charge in [0.2, 0.25) is 0 Å². The fraction of sp³-hybridized carbons (Fsp3) is 1.00. The molecule has 0 bridgehead atoms. The number of hydrogen-bond donors (Lipinski definition) is 2. The zero-order valence-corrected chi connectivity index (χ0v) is 7.77. The molecule has 0 saturated heterocycles. The zero-order valence-electron chi connectivity index (χ0n) is 4.88. The van der Waals surface area contributed by atoms with Crippen molar-refractivity contribution in [1.29, 1.82) is 0 Å². The van der Waals surface area contributed by atoms with Crippen molar-refractivity contribution in [1.82, 2.24) is 0 Å². The molecule has 0 aliphatic heterocycles. The van der Waals surface area contributed by atoms with Crippen molar-refractivity contribution in [3.05, 3.63) is 0 Å². The van der Waals surface area contributed by atoms with Gasteiger partial charge >= 0.3 is 29.6 Å². The average Bonchev–Trinajstić information content (AvgIpc) is 1.41. The summed E-state index contributed by atoms with van der Waals surface area (Å²) in [7, 11) is 0.750. The molecule has 0 amide bonds. The van der Waals surface area contributed by atoms with Crippen LogP contribution in [0.2, 0.25) is 0 Å². The summed E-state index contributed by atoms with van der Waals surface area (Å²) in [5.74, 6) is 0. The number of aliphatic hydroxyl groups is 1. The summed E-state index contributed by atoms with van der Waals surface area (Å²) in [6.07, 6.45) is 0. The van der Waals surface area contributed by atoms with Crippen molar-refractivity contribution in [2.45, 2.75) is 12.4 Å². The van der Waals surface area contributed by atoms with Crippen molar-refractivity contribution in [2.24, 2.45) is 0 Å². The second-order valence-corrected chi connectivity index (χ2v) is 1.38. The van der Waals surface area contributed by atoms with Gasteiger partial charge in [0.1, 0.15) is 0 Å². The fourth-order valence-corrected chi connectivity index (χ4v) is 0. The molecule has 2 nitrogen and oxygen atoms in total.